The van der Waals surface area contributed by atoms with Gasteiger partial charge in [0.2, 0.25) is 0 Å². The zero-order valence-corrected chi connectivity index (χ0v) is 13.3. The molecule has 4 rings (SSSR count). The highest BCUT2D eigenvalue weighted by atomic mass is 16.5. The number of rotatable bonds is 3. The van der Waals surface area contributed by atoms with Crippen LogP contribution in [-0.2, 0) is 0 Å². The molecular formula is C19H14N2O4. The molecule has 2 aromatic heterocycles. The second-order valence-electron chi connectivity index (χ2n) is 5.45. The summed E-state index contributed by atoms with van der Waals surface area (Å²) in [5, 5.41) is 12.3. The number of carbonyl (C=O) groups is 1. The van der Waals surface area contributed by atoms with Crippen LogP contribution in [-0.4, -0.2) is 23.2 Å². The molecule has 0 spiro atoms. The number of amides is 1. The Hall–Kier alpha value is -3.38. The van der Waals surface area contributed by atoms with Crippen LogP contribution in [0.25, 0.3) is 21.9 Å². The molecule has 6 nitrogen and oxygen atoms in total. The molecule has 1 N–H and O–H groups in total. The average Bonchev–Trinajstić information content (AvgIpc) is 3.06. The highest BCUT2D eigenvalue weighted by molar-refractivity contribution is 6.20. The van der Waals surface area contributed by atoms with E-state index >= 15 is 0 Å². The van der Waals surface area contributed by atoms with E-state index in [4.69, 9.17) is 9.15 Å². The smallest absolute Gasteiger partial charge is 0.282 e. The van der Waals surface area contributed by atoms with Gasteiger partial charge in [0.1, 0.15) is 5.58 Å². The normalized spacial score (nSPS) is 11.0. The van der Waals surface area contributed by atoms with E-state index in [1.54, 1.807) is 30.5 Å². The molecule has 0 saturated heterocycles. The van der Waals surface area contributed by atoms with Gasteiger partial charge in [-0.1, -0.05) is 18.2 Å². The number of ether oxygens (including phenoxy) is 1. The van der Waals surface area contributed by atoms with Crippen molar-refractivity contribution in [3.05, 3.63) is 66.5 Å². The van der Waals surface area contributed by atoms with Crippen molar-refractivity contribution in [3.8, 4) is 5.75 Å². The number of furan rings is 1. The summed E-state index contributed by atoms with van der Waals surface area (Å²) < 4.78 is 11.2. The number of pyridine rings is 1. The second-order valence-corrected chi connectivity index (χ2v) is 5.45. The zero-order chi connectivity index (χ0) is 17.4. The first-order valence-corrected chi connectivity index (χ1v) is 7.62. The number of hydroxylamine groups is 1. The van der Waals surface area contributed by atoms with Crippen LogP contribution in [0.4, 0.5) is 5.69 Å². The van der Waals surface area contributed by atoms with Crippen LogP contribution < -0.4 is 9.80 Å². The number of nitrogens with zero attached hydrogens (tertiary/aromatic N) is 2. The van der Waals surface area contributed by atoms with Gasteiger partial charge in [-0.25, -0.2) is 0 Å². The summed E-state index contributed by atoms with van der Waals surface area (Å²) in [5.74, 6) is -0.0548. The van der Waals surface area contributed by atoms with Gasteiger partial charge in [-0.3, -0.25) is 15.0 Å². The van der Waals surface area contributed by atoms with E-state index in [-0.39, 0.29) is 5.69 Å². The first-order valence-electron chi connectivity index (χ1n) is 7.62. The van der Waals surface area contributed by atoms with Gasteiger partial charge in [-0.2, -0.15) is 5.06 Å². The van der Waals surface area contributed by atoms with Gasteiger partial charge in [0.25, 0.3) is 5.91 Å². The molecule has 0 aliphatic rings. The summed E-state index contributed by atoms with van der Waals surface area (Å²) in [6, 6.07) is 13.9. The van der Waals surface area contributed by atoms with Crippen LogP contribution in [0.15, 0.2) is 65.3 Å². The first kappa shape index (κ1) is 15.2. The Labute approximate surface area is 142 Å². The van der Waals surface area contributed by atoms with E-state index in [2.05, 4.69) is 4.98 Å². The van der Waals surface area contributed by atoms with Crippen LogP contribution in [0, 0.1) is 0 Å². The van der Waals surface area contributed by atoms with Crippen molar-refractivity contribution < 1.29 is 19.2 Å². The summed E-state index contributed by atoms with van der Waals surface area (Å²) >= 11 is 0. The number of aromatic nitrogens is 1. The standard InChI is InChI=1S/C19H14N2O4/c1-24-16-9-8-14(19(22)21(23)12-5-4-10-20-11-12)17-13-6-2-3-7-15(13)25-18(16)17/h2-11,23H,1H3. The van der Waals surface area contributed by atoms with Crippen LogP contribution in [0.5, 0.6) is 5.75 Å². The summed E-state index contributed by atoms with van der Waals surface area (Å²) in [5.41, 5.74) is 1.70. The van der Waals surface area contributed by atoms with Crippen LogP contribution in [0.3, 0.4) is 0 Å². The fourth-order valence-electron chi connectivity index (χ4n) is 2.85. The van der Waals surface area contributed by atoms with E-state index in [9.17, 15) is 10.0 Å². The third-order valence-corrected chi connectivity index (χ3v) is 4.02. The largest absolute Gasteiger partial charge is 0.493 e. The summed E-state index contributed by atoms with van der Waals surface area (Å²) in [6.45, 7) is 0. The van der Waals surface area contributed by atoms with Crippen molar-refractivity contribution in [3.63, 3.8) is 0 Å². The Morgan fingerprint density at radius 3 is 2.76 bits per heavy atom. The van der Waals surface area contributed by atoms with E-state index < -0.39 is 5.91 Å². The predicted octanol–water partition coefficient (Wildman–Crippen LogP) is 4.03. The lowest BCUT2D eigenvalue weighted by atomic mass is 10.0. The molecule has 0 bridgehead atoms. The number of benzene rings is 2. The van der Waals surface area contributed by atoms with Crippen LogP contribution in [0.1, 0.15) is 10.4 Å². The Morgan fingerprint density at radius 1 is 1.16 bits per heavy atom. The first-order chi connectivity index (χ1) is 12.2. The summed E-state index contributed by atoms with van der Waals surface area (Å²) in [6.07, 6.45) is 2.98. The zero-order valence-electron chi connectivity index (χ0n) is 13.3. The van der Waals surface area contributed by atoms with Gasteiger partial charge in [-0.05, 0) is 30.3 Å². The Balaban J connectivity index is 1.94. The highest BCUT2D eigenvalue weighted by Gasteiger charge is 2.23. The quantitative estimate of drug-likeness (QED) is 0.452. The molecule has 0 saturated carbocycles. The Bertz CT molecular complexity index is 1070. The van der Waals surface area contributed by atoms with Gasteiger partial charge in [0.05, 0.1) is 24.6 Å². The molecule has 2 aromatic carbocycles. The molecule has 0 atom stereocenters. The van der Waals surface area contributed by atoms with E-state index in [0.717, 1.165) is 5.39 Å². The fourth-order valence-corrected chi connectivity index (χ4v) is 2.85. The van der Waals surface area contributed by atoms with E-state index in [1.807, 2.05) is 24.3 Å². The number of hydrogen-bond acceptors (Lipinski definition) is 5. The maximum absolute atomic E-state index is 12.9. The molecule has 0 unspecified atom stereocenters. The van der Waals surface area contributed by atoms with Gasteiger partial charge in [0.15, 0.2) is 11.3 Å². The molecule has 124 valence electrons. The number of methoxy groups -OCH3 is 1. The SMILES string of the molecule is COc1ccc(C(=O)N(O)c2cccnc2)c2c1oc1ccccc12. The molecule has 0 aliphatic heterocycles. The van der Waals surface area contributed by atoms with Crippen LogP contribution >= 0.6 is 0 Å². The fraction of sp³-hybridized carbons (Fsp3) is 0.0526. The molecule has 0 aliphatic carbocycles. The predicted molar refractivity (Wildman–Crippen MR) is 93.1 cm³/mol. The van der Waals surface area contributed by atoms with E-state index in [1.165, 1.54) is 13.3 Å². The average molecular weight is 334 g/mol. The number of anilines is 1. The van der Waals surface area contributed by atoms with Gasteiger partial charge in [0, 0.05) is 17.0 Å². The maximum atomic E-state index is 12.9. The molecule has 6 heteroatoms. The third-order valence-electron chi connectivity index (χ3n) is 4.02. The Kier molecular flexibility index (Phi) is 3.59. The lowest BCUT2D eigenvalue weighted by Gasteiger charge is -2.15. The molecule has 0 fully saturated rings. The van der Waals surface area contributed by atoms with Gasteiger partial charge in [-0.15, -0.1) is 0 Å². The minimum absolute atomic E-state index is 0.282. The van der Waals surface area contributed by atoms with Gasteiger partial charge >= 0.3 is 0 Å². The topological polar surface area (TPSA) is 75.8 Å². The van der Waals surface area contributed by atoms with Crippen molar-refractivity contribution >= 4 is 33.5 Å². The molecule has 0 radical (unpaired) electrons. The number of hydrogen-bond donors (Lipinski definition) is 1. The third kappa shape index (κ3) is 2.40. The number of para-hydroxylation sites is 1. The second kappa shape index (κ2) is 5.92. The van der Waals surface area contributed by atoms with Crippen molar-refractivity contribution in [2.24, 2.45) is 0 Å². The molecular weight excluding hydrogens is 320 g/mol. The molecule has 1 amide bonds. The van der Waals surface area contributed by atoms with Crippen molar-refractivity contribution in [1.82, 2.24) is 4.98 Å². The van der Waals surface area contributed by atoms with Crippen LogP contribution in [0.2, 0.25) is 0 Å². The number of carbonyl (C=O) groups excluding carboxylic acids is 1. The molecule has 2 heterocycles. The lowest BCUT2D eigenvalue weighted by Crippen LogP contribution is -2.27. The maximum Gasteiger partial charge on any atom is 0.282 e. The monoisotopic (exact) mass is 334 g/mol. The van der Waals surface area contributed by atoms with Crippen molar-refractivity contribution in [1.29, 1.82) is 0 Å². The molecule has 25 heavy (non-hydrogen) atoms. The van der Waals surface area contributed by atoms with Crippen molar-refractivity contribution in [2.75, 3.05) is 12.2 Å². The van der Waals surface area contributed by atoms with Gasteiger partial charge < -0.3 is 9.15 Å². The lowest BCUT2D eigenvalue weighted by molar-refractivity contribution is 0.0856. The molecule has 4 aromatic rings. The summed E-state index contributed by atoms with van der Waals surface area (Å²) in [7, 11) is 1.54. The summed E-state index contributed by atoms with van der Waals surface area (Å²) in [4.78, 5) is 16.8. The Morgan fingerprint density at radius 2 is 2.00 bits per heavy atom. The van der Waals surface area contributed by atoms with E-state index in [0.29, 0.717) is 32.9 Å². The minimum atomic E-state index is -0.577. The highest BCUT2D eigenvalue weighted by Crippen LogP contribution is 2.37. The number of fused-ring (bicyclic) bond motifs is 3. The minimum Gasteiger partial charge on any atom is -0.493 e. The van der Waals surface area contributed by atoms with Crippen molar-refractivity contribution in [2.45, 2.75) is 0 Å².